The van der Waals surface area contributed by atoms with E-state index in [1.807, 2.05) is 30.3 Å². The average Bonchev–Trinajstić information content (AvgIpc) is 3.20. The van der Waals surface area contributed by atoms with Gasteiger partial charge < -0.3 is 14.4 Å². The normalized spacial score (nSPS) is 14.3. The number of hydrogen-bond acceptors (Lipinski definition) is 6. The molecule has 10 heteroatoms. The molecule has 9 nitrogen and oxygen atoms in total. The van der Waals surface area contributed by atoms with Crippen molar-refractivity contribution >= 4 is 38.3 Å². The predicted octanol–water partition coefficient (Wildman–Crippen LogP) is 2.91. The molecular formula is C25H28N6O3S. The fraction of sp³-hybridized carbons (Fsp3) is 0.240. The summed E-state index contributed by atoms with van der Waals surface area (Å²) in [4.78, 5) is 24.9. The zero-order valence-electron chi connectivity index (χ0n) is 19.3. The van der Waals surface area contributed by atoms with E-state index in [4.69, 9.17) is 0 Å². The molecule has 1 aliphatic rings. The first-order valence-corrected chi connectivity index (χ1v) is 12.8. The molecule has 5 rings (SSSR count). The quantitative estimate of drug-likeness (QED) is 0.444. The Hall–Kier alpha value is -3.92. The maximum Gasteiger partial charge on any atom is 0.263 e. The minimum absolute atomic E-state index is 0. The number of rotatable bonds is 6. The molecule has 4 aromatic rings. The van der Waals surface area contributed by atoms with Gasteiger partial charge in [0.05, 0.1) is 11.3 Å². The lowest BCUT2D eigenvalue weighted by Gasteiger charge is -2.36. The summed E-state index contributed by atoms with van der Waals surface area (Å²) in [6.07, 6.45) is 5.18. The van der Waals surface area contributed by atoms with Crippen LogP contribution in [0.3, 0.4) is 0 Å². The van der Waals surface area contributed by atoms with Crippen LogP contribution in [0.15, 0.2) is 78.2 Å². The van der Waals surface area contributed by atoms with E-state index in [1.165, 1.54) is 18.6 Å². The molecule has 0 atom stereocenters. The second kappa shape index (κ2) is 9.38. The Labute approximate surface area is 205 Å². The molecule has 1 N–H and O–H groups in total. The number of carbonyl (C=O) groups excluding carboxylic acids is 1. The smallest absolute Gasteiger partial charge is 0.263 e. The second-order valence-corrected chi connectivity index (χ2v) is 10.2. The van der Waals surface area contributed by atoms with Crippen molar-refractivity contribution in [1.82, 2.24) is 19.4 Å². The van der Waals surface area contributed by atoms with Gasteiger partial charge in [0.1, 0.15) is 12.1 Å². The Morgan fingerprint density at radius 3 is 2.49 bits per heavy atom. The van der Waals surface area contributed by atoms with Crippen LogP contribution in [0.4, 0.5) is 11.5 Å². The first-order chi connectivity index (χ1) is 16.9. The van der Waals surface area contributed by atoms with Crippen LogP contribution in [0.1, 0.15) is 6.99 Å². The Balaban J connectivity index is 0.00000304. The molecule has 2 aromatic carbocycles. The number of nitrogens with zero attached hydrogens (tertiary/aromatic N) is 5. The highest BCUT2D eigenvalue weighted by Gasteiger charge is 2.23. The number of fused-ring (bicyclic) bond motifs is 1. The number of para-hydroxylation sites is 1. The Bertz CT molecular complexity index is 1450. The Morgan fingerprint density at radius 2 is 1.77 bits per heavy atom. The fourth-order valence-corrected chi connectivity index (χ4v) is 5.45. The predicted molar refractivity (Wildman–Crippen MR) is 137 cm³/mol. The van der Waals surface area contributed by atoms with Crippen molar-refractivity contribution in [2.75, 3.05) is 35.8 Å². The molecule has 0 bridgehead atoms. The lowest BCUT2D eigenvalue weighted by Crippen LogP contribution is -2.49. The number of nitrogens with one attached hydrogen (secondary N) is 1. The van der Waals surface area contributed by atoms with Crippen molar-refractivity contribution in [2.45, 2.75) is 11.3 Å². The molecule has 3 heterocycles. The maximum absolute atomic E-state index is 13.0. The molecule has 0 aliphatic carbocycles. The van der Waals surface area contributed by atoms with E-state index in [-0.39, 0.29) is 18.0 Å². The number of sulfonamides is 1. The van der Waals surface area contributed by atoms with Crippen LogP contribution in [0.5, 0.6) is 0 Å². The van der Waals surface area contributed by atoms with Gasteiger partial charge in [-0.15, -0.1) is 0 Å². The maximum atomic E-state index is 13.0. The van der Waals surface area contributed by atoms with E-state index in [2.05, 4.69) is 36.3 Å². The first kappa shape index (κ1) is 22.9. The summed E-state index contributed by atoms with van der Waals surface area (Å²) in [5.41, 5.74) is 3.09. The average molecular weight is 493 g/mol. The van der Waals surface area contributed by atoms with Crippen LogP contribution in [0.2, 0.25) is 0 Å². The number of anilines is 2. The highest BCUT2D eigenvalue weighted by atomic mass is 32.2. The van der Waals surface area contributed by atoms with Crippen molar-refractivity contribution in [1.29, 1.82) is 0 Å². The van der Waals surface area contributed by atoms with E-state index < -0.39 is 10.0 Å². The molecule has 2 aromatic heterocycles. The minimum Gasteiger partial charge on any atom is -0.368 e. The summed E-state index contributed by atoms with van der Waals surface area (Å²) in [5, 5.41) is 1.12. The molecule has 0 unspecified atom stereocenters. The first-order valence-electron chi connectivity index (χ1n) is 11.4. The summed E-state index contributed by atoms with van der Waals surface area (Å²) in [6.45, 7) is 2.62. The van der Waals surface area contributed by atoms with Gasteiger partial charge in [0.25, 0.3) is 10.0 Å². The van der Waals surface area contributed by atoms with Gasteiger partial charge in [-0.1, -0.05) is 18.2 Å². The van der Waals surface area contributed by atoms with Gasteiger partial charge in [-0.25, -0.2) is 18.4 Å². The van der Waals surface area contributed by atoms with Gasteiger partial charge in [0.15, 0.2) is 0 Å². The number of benzene rings is 2. The zero-order chi connectivity index (χ0) is 24.4. The largest absolute Gasteiger partial charge is 0.368 e. The number of piperazine rings is 1. The molecule has 1 amide bonds. The van der Waals surface area contributed by atoms with Crippen LogP contribution in [0.25, 0.3) is 10.9 Å². The molecule has 35 heavy (non-hydrogen) atoms. The highest BCUT2D eigenvalue weighted by molar-refractivity contribution is 7.92. The van der Waals surface area contributed by atoms with Gasteiger partial charge in [-0.2, -0.15) is 0 Å². The van der Waals surface area contributed by atoms with Crippen molar-refractivity contribution in [3.8, 4) is 0 Å². The molecule has 0 spiro atoms. The Morgan fingerprint density at radius 1 is 1.03 bits per heavy atom. The van der Waals surface area contributed by atoms with E-state index in [0.29, 0.717) is 32.6 Å². The number of amides is 1. The van der Waals surface area contributed by atoms with Gasteiger partial charge in [0, 0.05) is 63.6 Å². The summed E-state index contributed by atoms with van der Waals surface area (Å²) >= 11 is 0. The van der Waals surface area contributed by atoms with Crippen LogP contribution in [-0.4, -0.2) is 59.9 Å². The lowest BCUT2D eigenvalue weighted by molar-refractivity contribution is -0.130. The molecule has 0 saturated carbocycles. The van der Waals surface area contributed by atoms with Gasteiger partial charge in [-0.3, -0.25) is 9.52 Å². The molecule has 1 aliphatic heterocycles. The number of aromatic nitrogens is 3. The van der Waals surface area contributed by atoms with Crippen LogP contribution >= 0.6 is 0 Å². The van der Waals surface area contributed by atoms with Crippen LogP contribution < -0.4 is 9.62 Å². The second-order valence-electron chi connectivity index (χ2n) is 8.52. The Kier molecular flexibility index (Phi) is 6.12. The van der Waals surface area contributed by atoms with E-state index in [0.717, 1.165) is 22.2 Å². The third-order valence-corrected chi connectivity index (χ3v) is 7.66. The molecule has 0 radical (unpaired) electrons. The third kappa shape index (κ3) is 4.83. The van der Waals surface area contributed by atoms with Crippen molar-refractivity contribution in [2.24, 2.45) is 7.05 Å². The van der Waals surface area contributed by atoms with Crippen LogP contribution in [-0.2, 0) is 28.3 Å². The summed E-state index contributed by atoms with van der Waals surface area (Å²) in [7, 11) is -1.74. The molecule has 1 saturated heterocycles. The van der Waals surface area contributed by atoms with E-state index in [1.54, 1.807) is 24.3 Å². The van der Waals surface area contributed by atoms with Gasteiger partial charge in [0.2, 0.25) is 5.91 Å². The minimum atomic E-state index is -3.74. The number of aryl methyl sites for hydroxylation is 1. The monoisotopic (exact) mass is 492 g/mol. The van der Waals surface area contributed by atoms with E-state index >= 15 is 0 Å². The number of hydrogen-bond donors (Lipinski definition) is 1. The molecular weight excluding hydrogens is 464 g/mol. The topological polar surface area (TPSA) is 100 Å². The van der Waals surface area contributed by atoms with Crippen molar-refractivity contribution in [3.05, 3.63) is 78.9 Å². The summed E-state index contributed by atoms with van der Waals surface area (Å²) in [5.74, 6) is 0.339. The van der Waals surface area contributed by atoms with E-state index in [9.17, 15) is 13.2 Å². The van der Waals surface area contributed by atoms with Crippen molar-refractivity contribution in [3.63, 3.8) is 0 Å². The molecule has 182 valence electrons. The summed E-state index contributed by atoms with van der Waals surface area (Å²) in [6, 6.07) is 16.4. The number of carbonyl (C=O) groups is 1. The summed E-state index contributed by atoms with van der Waals surface area (Å²) < 4.78 is 29.7. The zero-order valence-corrected chi connectivity index (χ0v) is 20.1. The standard InChI is InChI=1S/C25H26N6O3S.H2/c1-29-17-19(22-4-2-3-5-23(22)29)16-25(32)31-14-12-30(13-15-31)20-6-8-21(9-7-20)35(33,34)28-24-10-11-26-18-27-24;/h2-11,17-18H,12-16H2,1H3,(H,26,27,28);1H. The SMILES string of the molecule is Cn1cc(CC(=O)N2CCN(c3ccc(S(=O)(=O)Nc4ccncn4)cc3)CC2)c2ccccc21.[HH]. The van der Waals surface area contributed by atoms with Gasteiger partial charge >= 0.3 is 0 Å². The molecule has 1 fully saturated rings. The van der Waals surface area contributed by atoms with Gasteiger partial charge in [-0.05, 0) is 42.0 Å². The lowest BCUT2D eigenvalue weighted by atomic mass is 10.1. The van der Waals surface area contributed by atoms with Crippen molar-refractivity contribution < 1.29 is 14.6 Å². The highest BCUT2D eigenvalue weighted by Crippen LogP contribution is 2.23. The third-order valence-electron chi connectivity index (χ3n) is 6.29. The van der Waals surface area contributed by atoms with Crippen LogP contribution in [0, 0.1) is 0 Å². The fourth-order valence-electron chi connectivity index (χ4n) is 4.44.